The SMILES string of the molecule is Cc1cc(-c2c(-c3ccc4c(c3)CCO4)nc3ncccn23)ccn1. The summed E-state index contributed by atoms with van der Waals surface area (Å²) in [5, 5.41) is 0. The molecule has 25 heavy (non-hydrogen) atoms. The molecule has 0 bridgehead atoms. The van der Waals surface area contributed by atoms with Gasteiger partial charge in [0.25, 0.3) is 0 Å². The van der Waals surface area contributed by atoms with Crippen molar-refractivity contribution in [2.24, 2.45) is 0 Å². The van der Waals surface area contributed by atoms with Gasteiger partial charge in [-0.25, -0.2) is 9.97 Å². The Kier molecular flexibility index (Phi) is 3.06. The van der Waals surface area contributed by atoms with Gasteiger partial charge in [-0.1, -0.05) is 0 Å². The number of pyridine rings is 1. The predicted octanol–water partition coefficient (Wildman–Crippen LogP) is 3.70. The molecule has 0 N–H and O–H groups in total. The molecule has 1 aromatic carbocycles. The summed E-state index contributed by atoms with van der Waals surface area (Å²) < 4.78 is 7.67. The molecule has 1 aliphatic heterocycles. The van der Waals surface area contributed by atoms with Gasteiger partial charge in [-0.15, -0.1) is 0 Å². The van der Waals surface area contributed by atoms with E-state index in [4.69, 9.17) is 9.72 Å². The van der Waals surface area contributed by atoms with E-state index < -0.39 is 0 Å². The van der Waals surface area contributed by atoms with Crippen LogP contribution < -0.4 is 4.74 Å². The highest BCUT2D eigenvalue weighted by molar-refractivity contribution is 5.82. The Morgan fingerprint density at radius 2 is 2.00 bits per heavy atom. The van der Waals surface area contributed by atoms with E-state index in [1.807, 2.05) is 41.9 Å². The Balaban J connectivity index is 1.79. The number of hydrogen-bond acceptors (Lipinski definition) is 4. The first-order valence-electron chi connectivity index (χ1n) is 8.32. The van der Waals surface area contributed by atoms with Crippen LogP contribution in [0, 0.1) is 6.92 Å². The molecule has 3 aromatic heterocycles. The van der Waals surface area contributed by atoms with Crippen molar-refractivity contribution in [1.29, 1.82) is 0 Å². The van der Waals surface area contributed by atoms with Crippen molar-refractivity contribution in [2.75, 3.05) is 6.61 Å². The molecular weight excluding hydrogens is 312 g/mol. The predicted molar refractivity (Wildman–Crippen MR) is 95.6 cm³/mol. The van der Waals surface area contributed by atoms with Crippen LogP contribution in [0.3, 0.4) is 0 Å². The number of aryl methyl sites for hydroxylation is 1. The molecule has 0 aliphatic carbocycles. The largest absolute Gasteiger partial charge is 0.493 e. The minimum absolute atomic E-state index is 0.693. The highest BCUT2D eigenvalue weighted by Crippen LogP contribution is 2.35. The molecule has 0 spiro atoms. The van der Waals surface area contributed by atoms with E-state index in [1.165, 1.54) is 5.56 Å². The van der Waals surface area contributed by atoms with Crippen molar-refractivity contribution in [2.45, 2.75) is 13.3 Å². The van der Waals surface area contributed by atoms with E-state index in [0.717, 1.165) is 47.0 Å². The van der Waals surface area contributed by atoms with Crippen LogP contribution in [0.1, 0.15) is 11.3 Å². The fourth-order valence-corrected chi connectivity index (χ4v) is 3.39. The van der Waals surface area contributed by atoms with Crippen LogP contribution in [-0.4, -0.2) is 26.0 Å². The second-order valence-electron chi connectivity index (χ2n) is 6.21. The average Bonchev–Trinajstić information content (AvgIpc) is 3.25. The lowest BCUT2D eigenvalue weighted by molar-refractivity contribution is 0.357. The monoisotopic (exact) mass is 328 g/mol. The zero-order chi connectivity index (χ0) is 16.8. The number of ether oxygens (including phenoxy) is 1. The number of nitrogens with zero attached hydrogens (tertiary/aromatic N) is 4. The summed E-state index contributed by atoms with van der Waals surface area (Å²) in [5.74, 6) is 1.67. The maximum Gasteiger partial charge on any atom is 0.234 e. The van der Waals surface area contributed by atoms with Gasteiger partial charge in [0.1, 0.15) is 5.75 Å². The lowest BCUT2D eigenvalue weighted by atomic mass is 10.0. The molecule has 4 aromatic rings. The number of fused-ring (bicyclic) bond motifs is 2. The Morgan fingerprint density at radius 3 is 2.92 bits per heavy atom. The van der Waals surface area contributed by atoms with Gasteiger partial charge in [0.15, 0.2) is 0 Å². The first-order valence-corrected chi connectivity index (χ1v) is 8.32. The highest BCUT2D eigenvalue weighted by atomic mass is 16.5. The van der Waals surface area contributed by atoms with Gasteiger partial charge >= 0.3 is 0 Å². The van der Waals surface area contributed by atoms with E-state index in [1.54, 1.807) is 6.20 Å². The number of imidazole rings is 1. The van der Waals surface area contributed by atoms with Gasteiger partial charge in [-0.3, -0.25) is 9.38 Å². The molecule has 0 amide bonds. The van der Waals surface area contributed by atoms with Gasteiger partial charge in [0.05, 0.1) is 18.0 Å². The van der Waals surface area contributed by atoms with Crippen molar-refractivity contribution in [3.63, 3.8) is 0 Å². The van der Waals surface area contributed by atoms with Crippen molar-refractivity contribution in [3.8, 4) is 28.3 Å². The molecule has 1 aliphatic rings. The van der Waals surface area contributed by atoms with E-state index in [9.17, 15) is 0 Å². The molecule has 5 rings (SSSR count). The van der Waals surface area contributed by atoms with Gasteiger partial charge in [0, 0.05) is 41.8 Å². The molecule has 0 saturated carbocycles. The molecular formula is C20H16N4O. The van der Waals surface area contributed by atoms with Crippen molar-refractivity contribution < 1.29 is 4.74 Å². The second kappa shape index (κ2) is 5.41. The molecule has 0 saturated heterocycles. The van der Waals surface area contributed by atoms with Crippen LogP contribution in [0.15, 0.2) is 55.0 Å². The Hall–Kier alpha value is -3.21. The van der Waals surface area contributed by atoms with E-state index in [2.05, 4.69) is 28.2 Å². The second-order valence-corrected chi connectivity index (χ2v) is 6.21. The standard InChI is InChI=1S/C20H16N4O/c1-13-11-16(5-8-21-13)19-18(23-20-22-7-2-9-24(19)20)15-3-4-17-14(12-15)6-10-25-17/h2-5,7-9,11-12H,6,10H2,1H3. The van der Waals surface area contributed by atoms with Crippen LogP contribution in [0.5, 0.6) is 5.75 Å². The smallest absolute Gasteiger partial charge is 0.234 e. The summed E-state index contributed by atoms with van der Waals surface area (Å²) in [7, 11) is 0. The fourth-order valence-electron chi connectivity index (χ4n) is 3.39. The maximum absolute atomic E-state index is 5.63. The third-order valence-electron chi connectivity index (χ3n) is 4.54. The van der Waals surface area contributed by atoms with Crippen LogP contribution in [-0.2, 0) is 6.42 Å². The number of benzene rings is 1. The summed E-state index contributed by atoms with van der Waals surface area (Å²) in [4.78, 5) is 13.5. The Labute approximate surface area is 145 Å². The zero-order valence-electron chi connectivity index (χ0n) is 13.8. The third kappa shape index (κ3) is 2.28. The van der Waals surface area contributed by atoms with Crippen LogP contribution in [0.4, 0.5) is 0 Å². The zero-order valence-corrected chi connectivity index (χ0v) is 13.8. The molecule has 0 radical (unpaired) electrons. The van der Waals surface area contributed by atoms with Crippen LogP contribution in [0.25, 0.3) is 28.3 Å². The van der Waals surface area contributed by atoms with Gasteiger partial charge in [0.2, 0.25) is 5.78 Å². The van der Waals surface area contributed by atoms with Gasteiger partial charge in [-0.2, -0.15) is 0 Å². The lowest BCUT2D eigenvalue weighted by Gasteiger charge is -2.07. The third-order valence-corrected chi connectivity index (χ3v) is 4.54. The Morgan fingerprint density at radius 1 is 1.04 bits per heavy atom. The lowest BCUT2D eigenvalue weighted by Crippen LogP contribution is -1.92. The summed E-state index contributed by atoms with van der Waals surface area (Å²) in [6, 6.07) is 12.3. The number of aromatic nitrogens is 4. The summed E-state index contributed by atoms with van der Waals surface area (Å²) in [5.41, 5.74) is 6.34. The molecule has 122 valence electrons. The average molecular weight is 328 g/mol. The molecule has 5 nitrogen and oxygen atoms in total. The fraction of sp³-hybridized carbons (Fsp3) is 0.150. The van der Waals surface area contributed by atoms with E-state index >= 15 is 0 Å². The van der Waals surface area contributed by atoms with E-state index in [0.29, 0.717) is 5.78 Å². The number of rotatable bonds is 2. The highest BCUT2D eigenvalue weighted by Gasteiger charge is 2.19. The van der Waals surface area contributed by atoms with Crippen molar-refractivity contribution >= 4 is 5.78 Å². The first kappa shape index (κ1) is 14.2. The topological polar surface area (TPSA) is 52.3 Å². The minimum Gasteiger partial charge on any atom is -0.493 e. The molecule has 0 atom stereocenters. The summed E-state index contributed by atoms with van der Waals surface area (Å²) in [6.45, 7) is 2.75. The summed E-state index contributed by atoms with van der Waals surface area (Å²) in [6.07, 6.45) is 6.55. The molecule has 0 unspecified atom stereocenters. The van der Waals surface area contributed by atoms with Gasteiger partial charge in [-0.05, 0) is 48.9 Å². The van der Waals surface area contributed by atoms with E-state index in [-0.39, 0.29) is 0 Å². The van der Waals surface area contributed by atoms with Gasteiger partial charge < -0.3 is 4.74 Å². The Bertz CT molecular complexity index is 1100. The molecule has 0 fully saturated rings. The normalized spacial score (nSPS) is 13.0. The quantitative estimate of drug-likeness (QED) is 0.563. The van der Waals surface area contributed by atoms with Crippen LogP contribution >= 0.6 is 0 Å². The first-order chi connectivity index (χ1) is 12.3. The molecule has 4 heterocycles. The molecule has 5 heteroatoms. The minimum atomic E-state index is 0.693. The number of hydrogen-bond donors (Lipinski definition) is 0. The van der Waals surface area contributed by atoms with Crippen molar-refractivity contribution in [1.82, 2.24) is 19.4 Å². The summed E-state index contributed by atoms with van der Waals surface area (Å²) >= 11 is 0. The maximum atomic E-state index is 5.63. The van der Waals surface area contributed by atoms with Crippen molar-refractivity contribution in [3.05, 3.63) is 66.2 Å². The van der Waals surface area contributed by atoms with Crippen LogP contribution in [0.2, 0.25) is 0 Å².